The number of rotatable bonds is 4. The summed E-state index contributed by atoms with van der Waals surface area (Å²) in [5.74, 6) is 0. The molecule has 0 radical (unpaired) electrons. The van der Waals surface area contributed by atoms with E-state index in [0.29, 0.717) is 19.0 Å². The van der Waals surface area contributed by atoms with E-state index in [4.69, 9.17) is 11.5 Å². The normalized spacial score (nSPS) is 15.3. The first-order valence-corrected chi connectivity index (χ1v) is 5.63. The molecule has 0 aliphatic carbocycles. The van der Waals surface area contributed by atoms with Crippen LogP contribution in [0.3, 0.4) is 0 Å². The fourth-order valence-corrected chi connectivity index (χ4v) is 1.83. The highest BCUT2D eigenvalue weighted by atomic mass is 28.4. The van der Waals surface area contributed by atoms with E-state index in [1.165, 1.54) is 0 Å². The van der Waals surface area contributed by atoms with Crippen LogP contribution in [-0.2, 0) is 0 Å². The predicted molar refractivity (Wildman–Crippen MR) is 42.3 cm³/mol. The second-order valence-corrected chi connectivity index (χ2v) is 5.62. The third-order valence-electron chi connectivity index (χ3n) is 1.59. The van der Waals surface area contributed by atoms with Crippen LogP contribution in [0.15, 0.2) is 0 Å². The van der Waals surface area contributed by atoms with Gasteiger partial charge in [-0.05, 0) is 19.0 Å². The minimum Gasteiger partial charge on any atom is -0.410 e. The summed E-state index contributed by atoms with van der Waals surface area (Å²) in [6.07, 6.45) is 0.493. The van der Waals surface area contributed by atoms with E-state index in [2.05, 4.69) is 0 Å². The molecule has 10 heavy (non-hydrogen) atoms. The van der Waals surface area contributed by atoms with Crippen LogP contribution in [-0.4, -0.2) is 30.4 Å². The molecule has 1 unspecified atom stereocenters. The van der Waals surface area contributed by atoms with E-state index in [9.17, 15) is 9.59 Å². The summed E-state index contributed by atoms with van der Waals surface area (Å²) in [5.41, 5.74) is 10.2. The van der Waals surface area contributed by atoms with Gasteiger partial charge in [0.2, 0.25) is 0 Å². The highest BCUT2D eigenvalue weighted by Gasteiger charge is 2.34. The van der Waals surface area contributed by atoms with Gasteiger partial charge in [-0.3, -0.25) is 0 Å². The first-order chi connectivity index (χ1) is 4.54. The Balaban J connectivity index is 3.78. The molecule has 0 bridgehead atoms. The molecule has 0 aliphatic rings. The lowest BCUT2D eigenvalue weighted by molar-refractivity contribution is 0.337. The molecule has 6 N–H and O–H groups in total. The molecule has 0 saturated heterocycles. The van der Waals surface area contributed by atoms with Gasteiger partial charge in [0.15, 0.2) is 0 Å². The van der Waals surface area contributed by atoms with Gasteiger partial charge in [0.1, 0.15) is 0 Å². The SMILES string of the molecule is CC[Si](O)(O)C(N)CCN. The molecule has 4 nitrogen and oxygen atoms in total. The molecule has 0 spiro atoms. The molecule has 0 aromatic carbocycles. The van der Waals surface area contributed by atoms with E-state index in [-0.39, 0.29) is 0 Å². The van der Waals surface area contributed by atoms with Crippen LogP contribution in [0, 0.1) is 0 Å². The maximum atomic E-state index is 9.24. The average molecular weight is 164 g/mol. The Labute approximate surface area is 62.1 Å². The van der Waals surface area contributed by atoms with Crippen LogP contribution in [0.5, 0.6) is 0 Å². The molecule has 62 valence electrons. The van der Waals surface area contributed by atoms with Crippen LogP contribution in [0.4, 0.5) is 0 Å². The van der Waals surface area contributed by atoms with Gasteiger partial charge >= 0.3 is 8.56 Å². The summed E-state index contributed by atoms with van der Waals surface area (Å²) in [7, 11) is -3.10. The third-order valence-corrected chi connectivity index (χ3v) is 4.11. The Morgan fingerprint density at radius 3 is 2.30 bits per heavy atom. The van der Waals surface area contributed by atoms with Gasteiger partial charge in [-0.2, -0.15) is 0 Å². The Morgan fingerprint density at radius 1 is 1.50 bits per heavy atom. The van der Waals surface area contributed by atoms with Crippen LogP contribution in [0.1, 0.15) is 13.3 Å². The third kappa shape index (κ3) is 2.76. The van der Waals surface area contributed by atoms with Crippen molar-refractivity contribution >= 4 is 8.56 Å². The van der Waals surface area contributed by atoms with Gasteiger partial charge in [-0.25, -0.2) is 0 Å². The first kappa shape index (κ1) is 10.1. The van der Waals surface area contributed by atoms with Crippen molar-refractivity contribution in [2.24, 2.45) is 11.5 Å². The van der Waals surface area contributed by atoms with Crippen molar-refractivity contribution in [3.05, 3.63) is 0 Å². The van der Waals surface area contributed by atoms with Gasteiger partial charge in [-0.15, -0.1) is 0 Å². The number of hydrogen-bond acceptors (Lipinski definition) is 4. The predicted octanol–water partition coefficient (Wildman–Crippen LogP) is -1.35. The second kappa shape index (κ2) is 4.04. The van der Waals surface area contributed by atoms with Gasteiger partial charge in [0, 0.05) is 5.67 Å². The van der Waals surface area contributed by atoms with Crippen molar-refractivity contribution in [3.8, 4) is 0 Å². The van der Waals surface area contributed by atoms with Crippen molar-refractivity contribution in [1.29, 1.82) is 0 Å². The lowest BCUT2D eigenvalue weighted by atomic mass is 10.4. The number of hydrogen-bond donors (Lipinski definition) is 4. The highest BCUT2D eigenvalue weighted by molar-refractivity contribution is 6.66. The van der Waals surface area contributed by atoms with E-state index in [1.807, 2.05) is 0 Å². The van der Waals surface area contributed by atoms with E-state index in [1.54, 1.807) is 6.92 Å². The van der Waals surface area contributed by atoms with Gasteiger partial charge in [0.05, 0.1) is 0 Å². The number of nitrogens with two attached hydrogens (primary N) is 2. The van der Waals surface area contributed by atoms with E-state index < -0.39 is 14.2 Å². The Kier molecular flexibility index (Phi) is 4.07. The van der Waals surface area contributed by atoms with E-state index in [0.717, 1.165) is 0 Å². The molecule has 0 amide bonds. The van der Waals surface area contributed by atoms with Crippen molar-refractivity contribution in [1.82, 2.24) is 0 Å². The maximum Gasteiger partial charge on any atom is 0.349 e. The van der Waals surface area contributed by atoms with Crippen LogP contribution in [0.2, 0.25) is 6.04 Å². The minimum absolute atomic E-state index is 0.369. The summed E-state index contributed by atoms with van der Waals surface area (Å²) in [4.78, 5) is 18.5. The fourth-order valence-electron chi connectivity index (χ4n) is 0.673. The fraction of sp³-hybridized carbons (Fsp3) is 1.00. The first-order valence-electron chi connectivity index (χ1n) is 3.45. The monoisotopic (exact) mass is 164 g/mol. The summed E-state index contributed by atoms with van der Waals surface area (Å²) in [6.45, 7) is 2.14. The Morgan fingerprint density at radius 2 is 2.00 bits per heavy atom. The molecule has 0 aliphatic heterocycles. The lowest BCUT2D eigenvalue weighted by Gasteiger charge is -2.22. The second-order valence-electron chi connectivity index (χ2n) is 2.42. The Hall–Kier alpha value is 0.0569. The summed E-state index contributed by atoms with van der Waals surface area (Å²) in [5, 5.41) is 0. The van der Waals surface area contributed by atoms with Crippen LogP contribution in [0.25, 0.3) is 0 Å². The molecule has 0 fully saturated rings. The molecule has 0 heterocycles. The molecule has 0 aromatic rings. The standard InChI is InChI=1S/C5H16N2O2Si/c1-2-10(8,9)5(7)3-4-6/h5,8-9H,2-4,6-7H2,1H3. The topological polar surface area (TPSA) is 92.5 Å². The van der Waals surface area contributed by atoms with Crippen molar-refractivity contribution in [2.45, 2.75) is 25.1 Å². The molecule has 5 heteroatoms. The van der Waals surface area contributed by atoms with E-state index >= 15 is 0 Å². The van der Waals surface area contributed by atoms with Crippen LogP contribution >= 0.6 is 0 Å². The largest absolute Gasteiger partial charge is 0.410 e. The van der Waals surface area contributed by atoms with Gasteiger partial charge < -0.3 is 21.1 Å². The maximum absolute atomic E-state index is 9.24. The van der Waals surface area contributed by atoms with Crippen molar-refractivity contribution in [2.75, 3.05) is 6.54 Å². The van der Waals surface area contributed by atoms with Crippen LogP contribution < -0.4 is 11.5 Å². The Bertz CT molecular complexity index is 99.6. The summed E-state index contributed by atoms with van der Waals surface area (Å²) in [6, 6.07) is 0.369. The molecule has 0 aromatic heterocycles. The molecule has 0 saturated carbocycles. The summed E-state index contributed by atoms with van der Waals surface area (Å²) < 4.78 is 0. The van der Waals surface area contributed by atoms with Gasteiger partial charge in [-0.1, -0.05) is 6.92 Å². The zero-order valence-electron chi connectivity index (χ0n) is 6.25. The average Bonchev–Trinajstić information content (AvgIpc) is 1.89. The highest BCUT2D eigenvalue weighted by Crippen LogP contribution is 2.06. The molecule has 1 atom stereocenters. The minimum atomic E-state index is -3.10. The smallest absolute Gasteiger partial charge is 0.349 e. The van der Waals surface area contributed by atoms with Gasteiger partial charge in [0.25, 0.3) is 0 Å². The zero-order valence-corrected chi connectivity index (χ0v) is 7.25. The molecular weight excluding hydrogens is 148 g/mol. The molecular formula is C5H16N2O2Si. The molecule has 0 rings (SSSR count). The van der Waals surface area contributed by atoms with Crippen molar-refractivity contribution < 1.29 is 9.59 Å². The summed E-state index contributed by atoms with van der Waals surface area (Å²) >= 11 is 0. The van der Waals surface area contributed by atoms with Crippen molar-refractivity contribution in [3.63, 3.8) is 0 Å². The zero-order chi connectivity index (χ0) is 8.20. The quantitative estimate of drug-likeness (QED) is 0.386. The lowest BCUT2D eigenvalue weighted by Crippen LogP contribution is -2.53.